The van der Waals surface area contributed by atoms with Crippen LogP contribution in [0.15, 0.2) is 36.4 Å². The predicted octanol–water partition coefficient (Wildman–Crippen LogP) is 2.32. The van der Waals surface area contributed by atoms with E-state index in [9.17, 15) is 0 Å². The van der Waals surface area contributed by atoms with Gasteiger partial charge in [-0.1, -0.05) is 18.2 Å². The number of hydrogen-bond acceptors (Lipinski definition) is 3. The van der Waals surface area contributed by atoms with Crippen molar-refractivity contribution in [3.05, 3.63) is 36.4 Å². The van der Waals surface area contributed by atoms with Crippen LogP contribution in [0.2, 0.25) is 0 Å². The van der Waals surface area contributed by atoms with Gasteiger partial charge in [-0.2, -0.15) is 0 Å². The van der Waals surface area contributed by atoms with E-state index in [1.807, 2.05) is 43.3 Å². The zero-order valence-corrected chi connectivity index (χ0v) is 12.8. The van der Waals surface area contributed by atoms with Gasteiger partial charge in [0.1, 0.15) is 6.54 Å². The topological polar surface area (TPSA) is 42.4 Å². The molecule has 0 unspecified atom stereocenters. The molecule has 1 aromatic carbocycles. The van der Waals surface area contributed by atoms with Crippen molar-refractivity contribution >= 4 is 10.9 Å². The Hall–Kier alpha value is -1.65. The van der Waals surface area contributed by atoms with Crippen molar-refractivity contribution in [3.8, 4) is 5.88 Å². The largest absolute Gasteiger partial charge is 0.478 e. The van der Waals surface area contributed by atoms with Gasteiger partial charge in [-0.3, -0.25) is 0 Å². The van der Waals surface area contributed by atoms with Gasteiger partial charge >= 0.3 is 0 Å². The van der Waals surface area contributed by atoms with E-state index in [1.54, 1.807) is 0 Å². The highest BCUT2D eigenvalue weighted by atomic mass is 16.5. The number of hydrogen-bond donors (Lipinski definition) is 1. The Morgan fingerprint density at radius 1 is 1.10 bits per heavy atom. The first kappa shape index (κ1) is 16.4. The molecule has 0 aliphatic carbocycles. The molecule has 4 heteroatoms. The molecule has 4 nitrogen and oxygen atoms in total. The number of rotatable bonds is 4. The van der Waals surface area contributed by atoms with Crippen LogP contribution in [0.3, 0.4) is 0 Å². The number of aromatic nitrogens is 1. The average Bonchev–Trinajstić information content (AvgIpc) is 2.38. The summed E-state index contributed by atoms with van der Waals surface area (Å²) in [6, 6.07) is 11.9. The van der Waals surface area contributed by atoms with Crippen LogP contribution < -0.4 is 4.74 Å². The van der Waals surface area contributed by atoms with Gasteiger partial charge in [-0.25, -0.2) is 4.98 Å². The van der Waals surface area contributed by atoms with Crippen LogP contribution in [-0.4, -0.2) is 55.5 Å². The maximum Gasteiger partial charge on any atom is 0.213 e. The predicted molar refractivity (Wildman–Crippen MR) is 82.9 cm³/mol. The van der Waals surface area contributed by atoms with Gasteiger partial charge in [-0.05, 0) is 19.1 Å². The molecule has 0 radical (unpaired) electrons. The lowest BCUT2D eigenvalue weighted by Crippen LogP contribution is -2.36. The number of pyridine rings is 1. The SMILES string of the molecule is CCOc1ccc2ccccc2n1.C[N+](C)(C)CCO. The molecule has 1 heterocycles. The number of ether oxygens (including phenoxy) is 1. The molecule has 0 aliphatic rings. The van der Waals surface area contributed by atoms with Crippen LogP contribution in [-0.2, 0) is 0 Å². The highest BCUT2D eigenvalue weighted by molar-refractivity contribution is 5.78. The number of benzene rings is 1. The molecule has 0 fully saturated rings. The van der Waals surface area contributed by atoms with Crippen LogP contribution in [0.5, 0.6) is 5.88 Å². The third-order valence-corrected chi connectivity index (χ3v) is 2.64. The first-order valence-corrected chi connectivity index (χ1v) is 6.86. The molecule has 0 saturated heterocycles. The van der Waals surface area contributed by atoms with Crippen molar-refractivity contribution in [3.63, 3.8) is 0 Å². The lowest BCUT2D eigenvalue weighted by atomic mass is 10.2. The summed E-state index contributed by atoms with van der Waals surface area (Å²) in [5, 5.41) is 9.53. The van der Waals surface area contributed by atoms with E-state index in [2.05, 4.69) is 26.1 Å². The Bertz CT molecular complexity index is 521. The third kappa shape index (κ3) is 5.99. The smallest absolute Gasteiger partial charge is 0.213 e. The minimum absolute atomic E-state index is 0.281. The second-order valence-electron chi connectivity index (χ2n) is 5.51. The summed E-state index contributed by atoms with van der Waals surface area (Å²) in [5.74, 6) is 0.696. The zero-order chi connectivity index (χ0) is 15.0. The minimum atomic E-state index is 0.281. The maximum atomic E-state index is 8.39. The number of nitrogens with zero attached hydrogens (tertiary/aromatic N) is 2. The highest BCUT2D eigenvalue weighted by Gasteiger charge is 2.02. The second kappa shape index (κ2) is 7.82. The van der Waals surface area contributed by atoms with Crippen LogP contribution in [0.4, 0.5) is 0 Å². The molecule has 0 aliphatic heterocycles. The second-order valence-corrected chi connectivity index (χ2v) is 5.51. The Morgan fingerprint density at radius 3 is 2.35 bits per heavy atom. The molecule has 0 amide bonds. The van der Waals surface area contributed by atoms with Gasteiger partial charge in [0.05, 0.1) is 39.9 Å². The van der Waals surface area contributed by atoms with Gasteiger partial charge < -0.3 is 14.3 Å². The zero-order valence-electron chi connectivity index (χ0n) is 12.8. The summed E-state index contributed by atoms with van der Waals surface area (Å²) >= 11 is 0. The molecular weight excluding hydrogens is 252 g/mol. The van der Waals surface area contributed by atoms with Crippen molar-refractivity contribution in [1.82, 2.24) is 4.98 Å². The van der Waals surface area contributed by atoms with E-state index in [-0.39, 0.29) is 6.61 Å². The summed E-state index contributed by atoms with van der Waals surface area (Å²) in [4.78, 5) is 4.34. The van der Waals surface area contributed by atoms with Gasteiger partial charge in [0.2, 0.25) is 5.88 Å². The Labute approximate surface area is 121 Å². The maximum absolute atomic E-state index is 8.39. The van der Waals surface area contributed by atoms with Crippen molar-refractivity contribution in [2.75, 3.05) is 40.9 Å². The van der Waals surface area contributed by atoms with E-state index in [4.69, 9.17) is 9.84 Å². The standard InChI is InChI=1S/C11H11NO.C5H14NO/c1-2-13-11-8-7-9-5-3-4-6-10(9)12-11;1-6(2,3)4-5-7/h3-8H,2H2,1H3;7H,4-5H2,1-3H3/q;+1. The molecule has 20 heavy (non-hydrogen) atoms. The monoisotopic (exact) mass is 277 g/mol. The Balaban J connectivity index is 0.000000246. The fourth-order valence-electron chi connectivity index (χ4n) is 1.58. The molecule has 2 rings (SSSR count). The van der Waals surface area contributed by atoms with E-state index >= 15 is 0 Å². The van der Waals surface area contributed by atoms with Gasteiger partial charge in [0, 0.05) is 11.5 Å². The first-order valence-electron chi connectivity index (χ1n) is 6.86. The van der Waals surface area contributed by atoms with Crippen molar-refractivity contribution in [2.24, 2.45) is 0 Å². The average molecular weight is 277 g/mol. The molecule has 110 valence electrons. The normalized spacial score (nSPS) is 10.8. The van der Waals surface area contributed by atoms with Crippen molar-refractivity contribution in [2.45, 2.75) is 6.92 Å². The molecule has 0 bridgehead atoms. The summed E-state index contributed by atoms with van der Waals surface area (Å²) < 4.78 is 6.15. The molecule has 1 N–H and O–H groups in total. The van der Waals surface area contributed by atoms with E-state index in [0.29, 0.717) is 12.5 Å². The van der Waals surface area contributed by atoms with Crippen molar-refractivity contribution in [1.29, 1.82) is 0 Å². The Kier molecular flexibility index (Phi) is 6.42. The lowest BCUT2D eigenvalue weighted by molar-refractivity contribution is -0.870. The molecular formula is C16H25N2O2+. The van der Waals surface area contributed by atoms with E-state index in [1.165, 1.54) is 0 Å². The third-order valence-electron chi connectivity index (χ3n) is 2.64. The van der Waals surface area contributed by atoms with Gasteiger partial charge in [0.15, 0.2) is 0 Å². The number of para-hydroxylation sites is 1. The summed E-state index contributed by atoms with van der Waals surface area (Å²) in [7, 11) is 6.16. The summed E-state index contributed by atoms with van der Waals surface area (Å²) in [5.41, 5.74) is 0.980. The quantitative estimate of drug-likeness (QED) is 0.872. The number of likely N-dealkylation sites (N-methyl/N-ethyl adjacent to an activating group) is 1. The van der Waals surface area contributed by atoms with Crippen LogP contribution in [0.25, 0.3) is 10.9 Å². The highest BCUT2D eigenvalue weighted by Crippen LogP contribution is 2.15. The number of aliphatic hydroxyl groups is 1. The van der Waals surface area contributed by atoms with Crippen LogP contribution >= 0.6 is 0 Å². The van der Waals surface area contributed by atoms with Crippen LogP contribution in [0.1, 0.15) is 6.92 Å². The summed E-state index contributed by atoms with van der Waals surface area (Å²) in [6.07, 6.45) is 0. The van der Waals surface area contributed by atoms with E-state index in [0.717, 1.165) is 21.9 Å². The van der Waals surface area contributed by atoms with Gasteiger partial charge in [0.25, 0.3) is 0 Å². The molecule has 1 aromatic heterocycles. The van der Waals surface area contributed by atoms with E-state index < -0.39 is 0 Å². The Morgan fingerprint density at radius 2 is 1.80 bits per heavy atom. The number of aliphatic hydroxyl groups excluding tert-OH is 1. The van der Waals surface area contributed by atoms with Crippen LogP contribution in [0, 0.1) is 0 Å². The molecule has 2 aromatic rings. The van der Waals surface area contributed by atoms with Crippen molar-refractivity contribution < 1.29 is 14.3 Å². The fraction of sp³-hybridized carbons (Fsp3) is 0.438. The number of fused-ring (bicyclic) bond motifs is 1. The molecule has 0 saturated carbocycles. The lowest BCUT2D eigenvalue weighted by Gasteiger charge is -2.21. The molecule has 0 spiro atoms. The van der Waals surface area contributed by atoms with Gasteiger partial charge in [-0.15, -0.1) is 0 Å². The molecule has 0 atom stereocenters. The first-order chi connectivity index (χ1) is 9.46. The number of quaternary nitrogens is 1. The fourth-order valence-corrected chi connectivity index (χ4v) is 1.58. The minimum Gasteiger partial charge on any atom is -0.478 e. The summed E-state index contributed by atoms with van der Waals surface area (Å²) in [6.45, 7) is 3.73.